The number of hydrogen-bond acceptors (Lipinski definition) is 2. The first-order valence-electron chi connectivity index (χ1n) is 6.95. The number of nitrogens with one attached hydrogen (secondary N) is 1. The van der Waals surface area contributed by atoms with E-state index in [0.29, 0.717) is 6.54 Å². The van der Waals surface area contributed by atoms with Crippen molar-refractivity contribution in [2.24, 2.45) is 0 Å². The van der Waals surface area contributed by atoms with E-state index in [1.54, 1.807) is 0 Å². The lowest BCUT2D eigenvalue weighted by atomic mass is 10.2. The summed E-state index contributed by atoms with van der Waals surface area (Å²) in [5.74, 6) is 0.723. The molecule has 5 heteroatoms. The van der Waals surface area contributed by atoms with Crippen molar-refractivity contribution in [3.63, 3.8) is 0 Å². The minimum atomic E-state index is -0.329. The zero-order chi connectivity index (χ0) is 14.7. The van der Waals surface area contributed by atoms with Crippen LogP contribution in [0.4, 0.5) is 0 Å². The maximum absolute atomic E-state index is 12.2. The fourth-order valence-electron chi connectivity index (χ4n) is 2.26. The van der Waals surface area contributed by atoms with E-state index in [-0.39, 0.29) is 17.3 Å². The van der Waals surface area contributed by atoms with Gasteiger partial charge in [-0.25, -0.2) is 4.98 Å². The molecule has 2 atom stereocenters. The lowest BCUT2D eigenvalue weighted by molar-refractivity contribution is -0.123. The molecule has 0 saturated heterocycles. The summed E-state index contributed by atoms with van der Waals surface area (Å²) >= 11 is 6.22. The molecule has 2 rings (SSSR count). The van der Waals surface area contributed by atoms with Crippen molar-refractivity contribution in [1.82, 2.24) is 14.9 Å². The molecule has 2 unspecified atom stereocenters. The summed E-state index contributed by atoms with van der Waals surface area (Å²) in [6, 6.07) is 7.45. The number of nitrogens with zero attached hydrogens (tertiary/aromatic N) is 2. The molecule has 1 N–H and O–H groups in total. The van der Waals surface area contributed by atoms with Crippen molar-refractivity contribution in [1.29, 1.82) is 0 Å². The van der Waals surface area contributed by atoms with Gasteiger partial charge in [-0.05, 0) is 32.4 Å². The number of hydrogen-bond donors (Lipinski definition) is 1. The Balaban J connectivity index is 2.45. The van der Waals surface area contributed by atoms with Crippen molar-refractivity contribution in [2.45, 2.75) is 38.6 Å². The number of amides is 1. The molecule has 0 aliphatic rings. The van der Waals surface area contributed by atoms with Gasteiger partial charge in [0.1, 0.15) is 11.9 Å². The van der Waals surface area contributed by atoms with Gasteiger partial charge in [-0.2, -0.15) is 0 Å². The first-order valence-corrected chi connectivity index (χ1v) is 7.38. The van der Waals surface area contributed by atoms with E-state index in [9.17, 15) is 4.79 Å². The molecular weight excluding hydrogens is 274 g/mol. The van der Waals surface area contributed by atoms with Gasteiger partial charge in [0.25, 0.3) is 0 Å². The molecule has 20 heavy (non-hydrogen) atoms. The molecule has 0 aliphatic carbocycles. The highest BCUT2D eigenvalue weighted by atomic mass is 35.5. The van der Waals surface area contributed by atoms with Crippen LogP contribution < -0.4 is 5.32 Å². The van der Waals surface area contributed by atoms with Crippen molar-refractivity contribution in [3.05, 3.63) is 30.1 Å². The number of carbonyl (C=O) groups excluding carboxylic acids is 1. The van der Waals surface area contributed by atoms with E-state index in [1.807, 2.05) is 49.6 Å². The van der Waals surface area contributed by atoms with Gasteiger partial charge in [0, 0.05) is 6.54 Å². The SMILES string of the molecule is CCCNC(=O)C(C)n1c(C(C)Cl)nc2ccccc21. The molecule has 0 bridgehead atoms. The van der Waals surface area contributed by atoms with Crippen LogP contribution in [0.1, 0.15) is 44.4 Å². The van der Waals surface area contributed by atoms with Gasteiger partial charge in [-0.3, -0.25) is 4.79 Å². The van der Waals surface area contributed by atoms with E-state index < -0.39 is 0 Å². The first kappa shape index (κ1) is 14.9. The van der Waals surface area contributed by atoms with Crippen LogP contribution in [0.2, 0.25) is 0 Å². The number of rotatable bonds is 5. The van der Waals surface area contributed by atoms with Crippen LogP contribution in [-0.4, -0.2) is 22.0 Å². The standard InChI is InChI=1S/C15H20ClN3O/c1-4-9-17-15(20)11(3)19-13-8-6-5-7-12(13)18-14(19)10(2)16/h5-8,10-11H,4,9H2,1-3H3,(H,17,20). The molecule has 4 nitrogen and oxygen atoms in total. The van der Waals surface area contributed by atoms with Crippen LogP contribution in [0.25, 0.3) is 11.0 Å². The van der Waals surface area contributed by atoms with E-state index in [2.05, 4.69) is 10.3 Å². The van der Waals surface area contributed by atoms with Crippen molar-refractivity contribution >= 4 is 28.5 Å². The Bertz CT molecular complexity index is 606. The number of carbonyl (C=O) groups is 1. The van der Waals surface area contributed by atoms with Crippen LogP contribution in [0.3, 0.4) is 0 Å². The lowest BCUT2D eigenvalue weighted by Crippen LogP contribution is -2.32. The van der Waals surface area contributed by atoms with Crippen LogP contribution in [-0.2, 0) is 4.79 Å². The van der Waals surface area contributed by atoms with E-state index in [0.717, 1.165) is 23.3 Å². The molecule has 0 aliphatic heterocycles. The predicted molar refractivity (Wildman–Crippen MR) is 82.0 cm³/mol. The highest BCUT2D eigenvalue weighted by molar-refractivity contribution is 6.20. The number of imidazole rings is 1. The Morgan fingerprint density at radius 3 is 2.75 bits per heavy atom. The molecule has 0 spiro atoms. The molecule has 0 radical (unpaired) electrons. The van der Waals surface area contributed by atoms with Crippen LogP contribution in [0.15, 0.2) is 24.3 Å². The third-order valence-electron chi connectivity index (χ3n) is 3.29. The summed E-state index contributed by atoms with van der Waals surface area (Å²) in [4.78, 5) is 16.8. The van der Waals surface area contributed by atoms with E-state index in [4.69, 9.17) is 11.6 Å². The fraction of sp³-hybridized carbons (Fsp3) is 0.467. The third kappa shape index (κ3) is 2.80. The maximum Gasteiger partial charge on any atom is 0.242 e. The number of fused-ring (bicyclic) bond motifs is 1. The highest BCUT2D eigenvalue weighted by Crippen LogP contribution is 2.27. The molecule has 108 valence electrons. The van der Waals surface area contributed by atoms with Gasteiger partial charge >= 0.3 is 0 Å². The topological polar surface area (TPSA) is 46.9 Å². The van der Waals surface area contributed by atoms with Gasteiger partial charge in [0.05, 0.1) is 16.4 Å². The van der Waals surface area contributed by atoms with Gasteiger partial charge in [0.2, 0.25) is 5.91 Å². The summed E-state index contributed by atoms with van der Waals surface area (Å²) in [5.41, 5.74) is 1.80. The van der Waals surface area contributed by atoms with E-state index >= 15 is 0 Å². The Labute approximate surface area is 124 Å². The molecule has 0 fully saturated rings. The molecule has 1 amide bonds. The summed E-state index contributed by atoms with van der Waals surface area (Å²) in [7, 11) is 0. The molecule has 1 aromatic carbocycles. The summed E-state index contributed by atoms with van der Waals surface area (Å²) < 4.78 is 1.93. The van der Waals surface area contributed by atoms with E-state index in [1.165, 1.54) is 0 Å². The Kier molecular flexibility index (Phi) is 4.65. The average Bonchev–Trinajstić information content (AvgIpc) is 2.83. The quantitative estimate of drug-likeness (QED) is 0.859. The molecule has 0 saturated carbocycles. The zero-order valence-electron chi connectivity index (χ0n) is 12.1. The number of halogens is 1. The van der Waals surface area contributed by atoms with Gasteiger partial charge < -0.3 is 9.88 Å². The van der Waals surface area contributed by atoms with Gasteiger partial charge in [0.15, 0.2) is 0 Å². The van der Waals surface area contributed by atoms with Crippen LogP contribution in [0, 0.1) is 0 Å². The first-order chi connectivity index (χ1) is 9.56. The van der Waals surface area contributed by atoms with Crippen LogP contribution >= 0.6 is 11.6 Å². The smallest absolute Gasteiger partial charge is 0.242 e. The van der Waals surface area contributed by atoms with Crippen LogP contribution in [0.5, 0.6) is 0 Å². The summed E-state index contributed by atoms with van der Waals surface area (Å²) in [5, 5.41) is 2.67. The maximum atomic E-state index is 12.2. The Morgan fingerprint density at radius 1 is 1.40 bits per heavy atom. The van der Waals surface area contributed by atoms with Gasteiger partial charge in [-0.1, -0.05) is 19.1 Å². The predicted octanol–water partition coefficient (Wildman–Crippen LogP) is 3.42. The minimum Gasteiger partial charge on any atom is -0.354 e. The fourth-order valence-corrected chi connectivity index (χ4v) is 2.42. The minimum absolute atomic E-state index is 0.00595. The Morgan fingerprint density at radius 2 is 2.10 bits per heavy atom. The normalized spacial score (nSPS) is 14.2. The monoisotopic (exact) mass is 293 g/mol. The molecule has 1 aromatic heterocycles. The number of benzene rings is 1. The second-order valence-corrected chi connectivity index (χ2v) is 5.57. The number of para-hydroxylation sites is 2. The highest BCUT2D eigenvalue weighted by Gasteiger charge is 2.23. The summed E-state index contributed by atoms with van der Waals surface area (Å²) in [6.07, 6.45) is 0.919. The van der Waals surface area contributed by atoms with Crippen molar-refractivity contribution in [2.75, 3.05) is 6.54 Å². The largest absolute Gasteiger partial charge is 0.354 e. The second kappa shape index (κ2) is 6.27. The van der Waals surface area contributed by atoms with Crippen molar-refractivity contribution in [3.8, 4) is 0 Å². The third-order valence-corrected chi connectivity index (χ3v) is 3.49. The van der Waals surface area contributed by atoms with Gasteiger partial charge in [-0.15, -0.1) is 11.6 Å². The lowest BCUT2D eigenvalue weighted by Gasteiger charge is -2.18. The Hall–Kier alpha value is -1.55. The number of aromatic nitrogens is 2. The van der Waals surface area contributed by atoms with Crippen molar-refractivity contribution < 1.29 is 4.79 Å². The average molecular weight is 294 g/mol. The molecule has 2 aromatic rings. The second-order valence-electron chi connectivity index (χ2n) is 4.91. The zero-order valence-corrected chi connectivity index (χ0v) is 12.8. The molecule has 1 heterocycles. The number of alkyl halides is 1. The summed E-state index contributed by atoms with van der Waals surface area (Å²) in [6.45, 7) is 6.46. The molecular formula is C15H20ClN3O.